The Labute approximate surface area is 73.6 Å². The van der Waals surface area contributed by atoms with Crippen molar-refractivity contribution in [3.8, 4) is 0 Å². The van der Waals surface area contributed by atoms with Crippen LogP contribution in [0.25, 0.3) is 0 Å². The van der Waals surface area contributed by atoms with Crippen LogP contribution in [0.4, 0.5) is 0 Å². The van der Waals surface area contributed by atoms with Crippen molar-refractivity contribution >= 4 is 0 Å². The zero-order valence-corrected chi connectivity index (χ0v) is 7.66. The van der Waals surface area contributed by atoms with E-state index in [4.69, 9.17) is 0 Å². The third kappa shape index (κ3) is 1.52. The van der Waals surface area contributed by atoms with Gasteiger partial charge >= 0.3 is 0 Å². The van der Waals surface area contributed by atoms with E-state index in [9.17, 15) is 0 Å². The smallest absolute Gasteiger partial charge is 0.105 e. The van der Waals surface area contributed by atoms with Crippen molar-refractivity contribution in [1.29, 1.82) is 0 Å². The van der Waals surface area contributed by atoms with Crippen LogP contribution in [0.1, 0.15) is 31.5 Å². The van der Waals surface area contributed by atoms with Gasteiger partial charge in [0.15, 0.2) is 0 Å². The molecule has 2 nitrogen and oxygen atoms in total. The molecular weight excluding hydrogens is 148 g/mol. The standard InChI is InChI=1S/C10H16N2/c1-9-11-6-8-12(9)7-5-10-3-2-4-10/h6,8,10H,2-5,7H2,1H3. The summed E-state index contributed by atoms with van der Waals surface area (Å²) in [7, 11) is 0. The molecule has 1 aromatic heterocycles. The molecule has 12 heavy (non-hydrogen) atoms. The molecule has 0 aromatic carbocycles. The number of aromatic nitrogens is 2. The highest BCUT2D eigenvalue weighted by Crippen LogP contribution is 2.29. The lowest BCUT2D eigenvalue weighted by Gasteiger charge is -2.25. The molecule has 66 valence electrons. The summed E-state index contributed by atoms with van der Waals surface area (Å²) < 4.78 is 2.25. The molecule has 1 aliphatic rings. The summed E-state index contributed by atoms with van der Waals surface area (Å²) in [6, 6.07) is 0. The van der Waals surface area contributed by atoms with E-state index in [1.165, 1.54) is 25.7 Å². The van der Waals surface area contributed by atoms with E-state index in [0.29, 0.717) is 0 Å². The fourth-order valence-corrected chi connectivity index (χ4v) is 1.74. The van der Waals surface area contributed by atoms with Crippen molar-refractivity contribution in [2.75, 3.05) is 0 Å². The van der Waals surface area contributed by atoms with Gasteiger partial charge in [0.2, 0.25) is 0 Å². The Morgan fingerprint density at radius 2 is 2.42 bits per heavy atom. The maximum atomic E-state index is 4.20. The Hall–Kier alpha value is -0.790. The molecule has 0 spiro atoms. The summed E-state index contributed by atoms with van der Waals surface area (Å²) in [6.07, 6.45) is 9.66. The molecule has 2 heteroatoms. The Bertz CT molecular complexity index is 248. The van der Waals surface area contributed by atoms with Crippen LogP contribution in [-0.4, -0.2) is 9.55 Å². The molecular formula is C10H16N2. The van der Waals surface area contributed by atoms with E-state index in [-0.39, 0.29) is 0 Å². The average molecular weight is 164 g/mol. The van der Waals surface area contributed by atoms with Gasteiger partial charge in [-0.25, -0.2) is 4.98 Å². The maximum Gasteiger partial charge on any atom is 0.105 e. The van der Waals surface area contributed by atoms with Gasteiger partial charge < -0.3 is 4.57 Å². The monoisotopic (exact) mass is 164 g/mol. The van der Waals surface area contributed by atoms with Crippen molar-refractivity contribution < 1.29 is 0 Å². The van der Waals surface area contributed by atoms with Crippen molar-refractivity contribution in [2.24, 2.45) is 5.92 Å². The van der Waals surface area contributed by atoms with E-state index in [1.807, 2.05) is 6.20 Å². The zero-order valence-electron chi connectivity index (χ0n) is 7.66. The van der Waals surface area contributed by atoms with Gasteiger partial charge in [0, 0.05) is 18.9 Å². The lowest BCUT2D eigenvalue weighted by molar-refractivity contribution is 0.281. The van der Waals surface area contributed by atoms with Crippen molar-refractivity contribution in [3.63, 3.8) is 0 Å². The van der Waals surface area contributed by atoms with Gasteiger partial charge in [-0.3, -0.25) is 0 Å². The normalized spacial score (nSPS) is 17.8. The second-order valence-electron chi connectivity index (χ2n) is 3.75. The van der Waals surface area contributed by atoms with Crippen LogP contribution in [0, 0.1) is 12.8 Å². The Morgan fingerprint density at radius 3 is 2.92 bits per heavy atom. The maximum absolute atomic E-state index is 4.20. The minimum Gasteiger partial charge on any atom is -0.335 e. The molecule has 0 atom stereocenters. The highest BCUT2D eigenvalue weighted by atomic mass is 15.0. The topological polar surface area (TPSA) is 17.8 Å². The molecule has 0 unspecified atom stereocenters. The number of aryl methyl sites for hydroxylation is 2. The van der Waals surface area contributed by atoms with Crippen LogP contribution in [0.3, 0.4) is 0 Å². The lowest BCUT2D eigenvalue weighted by Crippen LogP contribution is -2.14. The van der Waals surface area contributed by atoms with E-state index < -0.39 is 0 Å². The van der Waals surface area contributed by atoms with Crippen LogP contribution in [0.2, 0.25) is 0 Å². The molecule has 0 radical (unpaired) electrons. The molecule has 0 saturated heterocycles. The molecule has 1 aromatic rings. The van der Waals surface area contributed by atoms with Gasteiger partial charge in [-0.1, -0.05) is 19.3 Å². The van der Waals surface area contributed by atoms with Crippen molar-refractivity contribution in [3.05, 3.63) is 18.2 Å². The minimum atomic E-state index is 1.01. The van der Waals surface area contributed by atoms with E-state index >= 15 is 0 Å². The van der Waals surface area contributed by atoms with Crippen molar-refractivity contribution in [2.45, 2.75) is 39.2 Å². The molecule has 2 rings (SSSR count). The Kier molecular flexibility index (Phi) is 2.15. The second kappa shape index (κ2) is 3.30. The van der Waals surface area contributed by atoms with Crippen LogP contribution >= 0.6 is 0 Å². The summed E-state index contributed by atoms with van der Waals surface area (Å²) >= 11 is 0. The lowest BCUT2D eigenvalue weighted by atomic mass is 9.83. The van der Waals surface area contributed by atoms with Crippen LogP contribution in [0.15, 0.2) is 12.4 Å². The van der Waals surface area contributed by atoms with Crippen molar-refractivity contribution in [1.82, 2.24) is 9.55 Å². The molecule has 0 aliphatic heterocycles. The largest absolute Gasteiger partial charge is 0.335 e. The summed E-state index contributed by atoms with van der Waals surface area (Å²) in [4.78, 5) is 4.20. The number of nitrogens with zero attached hydrogens (tertiary/aromatic N) is 2. The fourth-order valence-electron chi connectivity index (χ4n) is 1.74. The average Bonchev–Trinajstić information content (AvgIpc) is 2.33. The third-order valence-corrected chi connectivity index (χ3v) is 2.93. The molecule has 1 saturated carbocycles. The Balaban J connectivity index is 1.82. The highest BCUT2D eigenvalue weighted by Gasteiger charge is 2.16. The van der Waals surface area contributed by atoms with Gasteiger partial charge in [0.05, 0.1) is 0 Å². The molecule has 1 fully saturated rings. The van der Waals surface area contributed by atoms with E-state index in [2.05, 4.69) is 22.7 Å². The predicted molar refractivity (Wildman–Crippen MR) is 48.9 cm³/mol. The van der Waals surface area contributed by atoms with Crippen LogP contribution in [-0.2, 0) is 6.54 Å². The SMILES string of the molecule is Cc1nccn1CCC1CCC1. The number of hydrogen-bond donors (Lipinski definition) is 0. The van der Waals surface area contributed by atoms with Gasteiger partial charge in [-0.15, -0.1) is 0 Å². The zero-order chi connectivity index (χ0) is 8.39. The van der Waals surface area contributed by atoms with E-state index in [1.54, 1.807) is 0 Å². The summed E-state index contributed by atoms with van der Waals surface area (Å²) in [5.41, 5.74) is 0. The quantitative estimate of drug-likeness (QED) is 0.670. The molecule has 0 N–H and O–H groups in total. The number of imidazole rings is 1. The minimum absolute atomic E-state index is 1.01. The van der Waals surface area contributed by atoms with Gasteiger partial charge in [-0.2, -0.15) is 0 Å². The first-order valence-corrected chi connectivity index (χ1v) is 4.84. The second-order valence-corrected chi connectivity index (χ2v) is 3.75. The van der Waals surface area contributed by atoms with Crippen LogP contribution < -0.4 is 0 Å². The number of rotatable bonds is 3. The first-order chi connectivity index (χ1) is 5.86. The summed E-state index contributed by atoms with van der Waals surface area (Å²) in [6.45, 7) is 3.23. The molecule has 1 aliphatic carbocycles. The summed E-state index contributed by atoms with van der Waals surface area (Å²) in [5, 5.41) is 0. The van der Waals surface area contributed by atoms with E-state index in [0.717, 1.165) is 18.3 Å². The predicted octanol–water partition coefficient (Wildman–Crippen LogP) is 2.38. The molecule has 0 bridgehead atoms. The first-order valence-electron chi connectivity index (χ1n) is 4.84. The van der Waals surface area contributed by atoms with Crippen LogP contribution in [0.5, 0.6) is 0 Å². The molecule has 1 heterocycles. The van der Waals surface area contributed by atoms with Gasteiger partial charge in [-0.05, 0) is 19.3 Å². The van der Waals surface area contributed by atoms with Gasteiger partial charge in [0.1, 0.15) is 5.82 Å². The Morgan fingerprint density at radius 1 is 1.58 bits per heavy atom. The van der Waals surface area contributed by atoms with Gasteiger partial charge in [0.25, 0.3) is 0 Å². The fraction of sp³-hybridized carbons (Fsp3) is 0.700. The summed E-state index contributed by atoms with van der Waals surface area (Å²) in [5.74, 6) is 2.15. The highest BCUT2D eigenvalue weighted by molar-refractivity contribution is 4.88. The first kappa shape index (κ1) is 7.84. The molecule has 0 amide bonds. The number of hydrogen-bond acceptors (Lipinski definition) is 1. The third-order valence-electron chi connectivity index (χ3n) is 2.93.